The number of hydrogen-bond donors (Lipinski definition) is 1. The summed E-state index contributed by atoms with van der Waals surface area (Å²) >= 11 is 0. The Hall–Kier alpha value is -2.17. The Balaban J connectivity index is 1.90. The van der Waals surface area contributed by atoms with E-state index in [2.05, 4.69) is 5.32 Å². The molecule has 1 spiro atoms. The Morgan fingerprint density at radius 1 is 1.22 bits per heavy atom. The number of halogens is 1. The number of hydrogen-bond acceptors (Lipinski definition) is 3. The molecular formula is C18H20FNO3. The van der Waals surface area contributed by atoms with Crippen LogP contribution in [-0.2, 0) is 14.3 Å². The van der Waals surface area contributed by atoms with Crippen molar-refractivity contribution in [3.05, 3.63) is 41.2 Å². The third-order valence-electron chi connectivity index (χ3n) is 4.65. The number of carbonyl (C=O) groups excluding carboxylic acids is 2. The number of nitrogens with one attached hydrogen (secondary N) is 1. The van der Waals surface area contributed by atoms with Crippen molar-refractivity contribution >= 4 is 17.6 Å². The number of ether oxygens (including phenoxy) is 1. The van der Waals surface area contributed by atoms with Gasteiger partial charge in [0.05, 0.1) is 5.57 Å². The van der Waals surface area contributed by atoms with Crippen LogP contribution < -0.4 is 5.32 Å². The topological polar surface area (TPSA) is 55.4 Å². The second-order valence-corrected chi connectivity index (χ2v) is 6.26. The Bertz CT molecular complexity index is 673. The SMILES string of the molecule is CC1=C(C(=O)Nc2cccc(F)c2)C2(CCCCCC2)OC1=O. The summed E-state index contributed by atoms with van der Waals surface area (Å²) in [6, 6.07) is 5.72. The number of esters is 1. The van der Waals surface area contributed by atoms with E-state index in [4.69, 9.17) is 4.74 Å². The molecule has 1 saturated carbocycles. The van der Waals surface area contributed by atoms with E-state index in [1.165, 1.54) is 18.2 Å². The molecular weight excluding hydrogens is 297 g/mol. The number of carbonyl (C=O) groups is 2. The minimum atomic E-state index is -0.810. The third kappa shape index (κ3) is 3.00. The Morgan fingerprint density at radius 3 is 2.57 bits per heavy atom. The predicted molar refractivity (Wildman–Crippen MR) is 84.3 cm³/mol. The number of benzene rings is 1. The maximum Gasteiger partial charge on any atom is 0.335 e. The number of rotatable bonds is 2. The molecule has 1 amide bonds. The first-order chi connectivity index (χ1) is 11.0. The average Bonchev–Trinajstić information content (AvgIpc) is 2.65. The van der Waals surface area contributed by atoms with Crippen LogP contribution in [0.3, 0.4) is 0 Å². The third-order valence-corrected chi connectivity index (χ3v) is 4.65. The fraction of sp³-hybridized carbons (Fsp3) is 0.444. The number of amides is 1. The van der Waals surface area contributed by atoms with Crippen molar-refractivity contribution in [1.82, 2.24) is 0 Å². The van der Waals surface area contributed by atoms with Gasteiger partial charge in [0.25, 0.3) is 5.91 Å². The van der Waals surface area contributed by atoms with Gasteiger partial charge in [0.15, 0.2) is 0 Å². The summed E-state index contributed by atoms with van der Waals surface area (Å²) in [6.07, 6.45) is 5.35. The summed E-state index contributed by atoms with van der Waals surface area (Å²) < 4.78 is 18.9. The molecule has 1 aromatic carbocycles. The van der Waals surface area contributed by atoms with Crippen LogP contribution in [0.1, 0.15) is 45.4 Å². The lowest BCUT2D eigenvalue weighted by molar-refractivity contribution is -0.148. The molecule has 0 atom stereocenters. The van der Waals surface area contributed by atoms with Gasteiger partial charge in [0, 0.05) is 11.3 Å². The van der Waals surface area contributed by atoms with E-state index in [1.807, 2.05) is 0 Å². The molecule has 2 aliphatic rings. The van der Waals surface area contributed by atoms with Crippen molar-refractivity contribution in [3.8, 4) is 0 Å². The lowest BCUT2D eigenvalue weighted by Gasteiger charge is -2.29. The molecule has 1 aromatic rings. The minimum Gasteiger partial charge on any atom is -0.451 e. The Kier molecular flexibility index (Phi) is 4.20. The highest BCUT2D eigenvalue weighted by Gasteiger charge is 2.48. The molecule has 0 unspecified atom stereocenters. The molecule has 4 nitrogen and oxygen atoms in total. The summed E-state index contributed by atoms with van der Waals surface area (Å²) in [5.41, 5.74) is 0.336. The molecule has 1 N–H and O–H groups in total. The van der Waals surface area contributed by atoms with E-state index in [-0.39, 0.29) is 5.91 Å². The maximum atomic E-state index is 13.3. The van der Waals surface area contributed by atoms with E-state index in [1.54, 1.807) is 13.0 Å². The molecule has 1 heterocycles. The quantitative estimate of drug-likeness (QED) is 0.846. The van der Waals surface area contributed by atoms with Crippen LogP contribution in [0.4, 0.5) is 10.1 Å². The van der Waals surface area contributed by atoms with Gasteiger partial charge in [-0.2, -0.15) is 0 Å². The van der Waals surface area contributed by atoms with Crippen LogP contribution in [-0.4, -0.2) is 17.5 Å². The molecule has 0 bridgehead atoms. The van der Waals surface area contributed by atoms with Crippen LogP contribution >= 0.6 is 0 Å². The van der Waals surface area contributed by atoms with E-state index >= 15 is 0 Å². The molecule has 0 aromatic heterocycles. The van der Waals surface area contributed by atoms with Crippen molar-refractivity contribution < 1.29 is 18.7 Å². The minimum absolute atomic E-state index is 0.362. The molecule has 1 fully saturated rings. The Morgan fingerprint density at radius 2 is 1.91 bits per heavy atom. The van der Waals surface area contributed by atoms with Gasteiger partial charge in [-0.05, 0) is 50.8 Å². The summed E-state index contributed by atoms with van der Waals surface area (Å²) in [5.74, 6) is -1.21. The zero-order valence-corrected chi connectivity index (χ0v) is 13.2. The lowest BCUT2D eigenvalue weighted by Crippen LogP contribution is -2.36. The zero-order chi connectivity index (χ0) is 16.4. The van der Waals surface area contributed by atoms with Crippen LogP contribution in [0.15, 0.2) is 35.4 Å². The molecule has 23 heavy (non-hydrogen) atoms. The molecule has 1 aliphatic heterocycles. The normalized spacial score (nSPS) is 20.3. The first-order valence-corrected chi connectivity index (χ1v) is 8.03. The van der Waals surface area contributed by atoms with Gasteiger partial charge < -0.3 is 10.1 Å². The van der Waals surface area contributed by atoms with Gasteiger partial charge in [-0.3, -0.25) is 4.79 Å². The lowest BCUT2D eigenvalue weighted by atomic mass is 9.84. The average molecular weight is 317 g/mol. The second kappa shape index (κ2) is 6.14. The van der Waals surface area contributed by atoms with Gasteiger partial charge >= 0.3 is 5.97 Å². The highest BCUT2D eigenvalue weighted by Crippen LogP contribution is 2.43. The first kappa shape index (κ1) is 15.7. The predicted octanol–water partition coefficient (Wildman–Crippen LogP) is 3.73. The maximum absolute atomic E-state index is 13.3. The van der Waals surface area contributed by atoms with Gasteiger partial charge in [-0.25, -0.2) is 9.18 Å². The van der Waals surface area contributed by atoms with Crippen LogP contribution in [0.5, 0.6) is 0 Å². The van der Waals surface area contributed by atoms with Crippen molar-refractivity contribution in [3.63, 3.8) is 0 Å². The van der Waals surface area contributed by atoms with Crippen molar-refractivity contribution in [1.29, 1.82) is 0 Å². The van der Waals surface area contributed by atoms with Gasteiger partial charge in [-0.1, -0.05) is 18.9 Å². The van der Waals surface area contributed by atoms with Crippen LogP contribution in [0.2, 0.25) is 0 Å². The largest absolute Gasteiger partial charge is 0.451 e. The fourth-order valence-corrected chi connectivity index (χ4v) is 3.54. The molecule has 0 radical (unpaired) electrons. The summed E-state index contributed by atoms with van der Waals surface area (Å²) in [4.78, 5) is 24.8. The highest BCUT2D eigenvalue weighted by molar-refractivity contribution is 6.12. The molecule has 0 saturated heterocycles. The van der Waals surface area contributed by atoms with Gasteiger partial charge in [-0.15, -0.1) is 0 Å². The van der Waals surface area contributed by atoms with E-state index < -0.39 is 17.4 Å². The van der Waals surface area contributed by atoms with Gasteiger partial charge in [0.1, 0.15) is 11.4 Å². The van der Waals surface area contributed by atoms with Crippen LogP contribution in [0.25, 0.3) is 0 Å². The summed E-state index contributed by atoms with van der Waals surface area (Å²) in [6.45, 7) is 1.63. The number of anilines is 1. The van der Waals surface area contributed by atoms with Crippen molar-refractivity contribution in [2.45, 2.75) is 51.0 Å². The first-order valence-electron chi connectivity index (χ1n) is 8.03. The smallest absolute Gasteiger partial charge is 0.335 e. The Labute approximate surface area is 134 Å². The fourth-order valence-electron chi connectivity index (χ4n) is 3.54. The van der Waals surface area contributed by atoms with Crippen LogP contribution in [0, 0.1) is 5.82 Å². The van der Waals surface area contributed by atoms with Crippen molar-refractivity contribution in [2.75, 3.05) is 5.32 Å². The molecule has 1 aliphatic carbocycles. The summed E-state index contributed by atoms with van der Waals surface area (Å²) in [7, 11) is 0. The van der Waals surface area contributed by atoms with E-state index in [0.717, 1.165) is 25.7 Å². The van der Waals surface area contributed by atoms with E-state index in [9.17, 15) is 14.0 Å². The molecule has 122 valence electrons. The monoisotopic (exact) mass is 317 g/mol. The molecule has 3 rings (SSSR count). The standard InChI is InChI=1S/C18H20FNO3/c1-12-15(16(21)20-14-8-6-7-13(19)11-14)18(23-17(12)22)9-4-2-3-5-10-18/h6-8,11H,2-5,9-10H2,1H3,(H,20,21). The van der Waals surface area contributed by atoms with Crippen molar-refractivity contribution in [2.24, 2.45) is 0 Å². The van der Waals surface area contributed by atoms with Gasteiger partial charge in [0.2, 0.25) is 0 Å². The molecule has 5 heteroatoms. The summed E-state index contributed by atoms with van der Waals surface area (Å²) in [5, 5.41) is 2.70. The van der Waals surface area contributed by atoms with E-state index in [0.29, 0.717) is 29.7 Å². The second-order valence-electron chi connectivity index (χ2n) is 6.26. The zero-order valence-electron chi connectivity index (χ0n) is 13.2. The highest BCUT2D eigenvalue weighted by atomic mass is 19.1.